The Morgan fingerprint density at radius 3 is 2.24 bits per heavy atom. The van der Waals surface area contributed by atoms with Crippen LogP contribution in [0.2, 0.25) is 10.0 Å². The molecule has 0 aliphatic heterocycles. The van der Waals surface area contributed by atoms with Gasteiger partial charge in [-0.3, -0.25) is 9.59 Å². The van der Waals surface area contributed by atoms with Crippen molar-refractivity contribution in [3.05, 3.63) is 105 Å². The van der Waals surface area contributed by atoms with E-state index in [1.54, 1.807) is 28.8 Å². The molecule has 0 aliphatic rings. The van der Waals surface area contributed by atoms with Crippen molar-refractivity contribution in [1.29, 1.82) is 0 Å². The predicted molar refractivity (Wildman–Crippen MR) is 161 cm³/mol. The number of hydrogen-bond acceptors (Lipinski definition) is 3. The van der Waals surface area contributed by atoms with Crippen molar-refractivity contribution < 1.29 is 9.59 Å². The summed E-state index contributed by atoms with van der Waals surface area (Å²) in [6.45, 7) is 9.00. The van der Waals surface area contributed by atoms with Crippen LogP contribution in [0.5, 0.6) is 0 Å². The number of benzene rings is 3. The van der Waals surface area contributed by atoms with Crippen LogP contribution in [0.25, 0.3) is 0 Å². The highest BCUT2D eigenvalue weighted by Crippen LogP contribution is 2.25. The molecule has 4 nitrogen and oxygen atoms in total. The second kappa shape index (κ2) is 14.6. The van der Waals surface area contributed by atoms with Gasteiger partial charge in [0.05, 0.1) is 5.75 Å². The molecule has 0 aliphatic carbocycles. The second-order valence-corrected chi connectivity index (χ2v) is 11.9. The maximum Gasteiger partial charge on any atom is 0.243 e. The first kappa shape index (κ1) is 30.1. The fourth-order valence-corrected chi connectivity index (χ4v) is 5.61. The maximum absolute atomic E-state index is 13.8. The normalized spacial score (nSPS) is 11.9. The average molecular weight is 572 g/mol. The van der Waals surface area contributed by atoms with Gasteiger partial charge in [0.2, 0.25) is 11.8 Å². The van der Waals surface area contributed by atoms with Crippen molar-refractivity contribution in [2.24, 2.45) is 5.92 Å². The number of halogens is 2. The van der Waals surface area contributed by atoms with E-state index in [0.29, 0.717) is 34.7 Å². The molecule has 3 aromatic carbocycles. The molecular weight excluding hydrogens is 535 g/mol. The summed E-state index contributed by atoms with van der Waals surface area (Å²) >= 11 is 14.2. The van der Waals surface area contributed by atoms with Crippen LogP contribution in [-0.2, 0) is 28.3 Å². The summed E-state index contributed by atoms with van der Waals surface area (Å²) in [5, 5.41) is 4.04. The molecule has 1 N–H and O–H groups in total. The first-order valence-electron chi connectivity index (χ1n) is 12.8. The summed E-state index contributed by atoms with van der Waals surface area (Å²) < 4.78 is 0. The fourth-order valence-electron chi connectivity index (χ4n) is 4.30. The first-order chi connectivity index (χ1) is 18.1. The zero-order chi connectivity index (χ0) is 27.7. The lowest BCUT2D eigenvalue weighted by molar-refractivity contribution is -0.139. The highest BCUT2D eigenvalue weighted by atomic mass is 35.5. The molecule has 0 saturated heterocycles. The molecule has 0 bridgehead atoms. The SMILES string of the molecule is Cc1cc(C)cc(CSCC(=O)N(Cc2ccc(Cl)cc2Cl)[C@H](Cc2ccccc2)C(=O)NCC(C)C)c1. The molecule has 0 fully saturated rings. The molecule has 2 amide bonds. The van der Waals surface area contributed by atoms with Crippen LogP contribution in [0.1, 0.15) is 41.7 Å². The standard InChI is InChI=1S/C31H36Cl2N2O2S/c1-21(2)17-34-31(37)29(15-24-8-6-5-7-9-24)35(18-26-10-11-27(32)16-28(26)33)30(36)20-38-19-25-13-22(3)12-23(4)14-25/h5-14,16,21,29H,15,17-20H2,1-4H3,(H,34,37)/t29-/m1/s1. The Bertz CT molecular complexity index is 1210. The predicted octanol–water partition coefficient (Wildman–Crippen LogP) is 7.26. The van der Waals surface area contributed by atoms with Crippen LogP contribution in [0.15, 0.2) is 66.7 Å². The Labute approximate surface area is 241 Å². The van der Waals surface area contributed by atoms with Crippen molar-refractivity contribution >= 4 is 46.8 Å². The number of amides is 2. The lowest BCUT2D eigenvalue weighted by Crippen LogP contribution is -2.51. The number of nitrogens with zero attached hydrogens (tertiary/aromatic N) is 1. The molecule has 0 heterocycles. The first-order valence-corrected chi connectivity index (χ1v) is 14.7. The van der Waals surface area contributed by atoms with Crippen LogP contribution in [0, 0.1) is 19.8 Å². The maximum atomic E-state index is 13.8. The fraction of sp³-hybridized carbons (Fsp3) is 0.355. The van der Waals surface area contributed by atoms with E-state index < -0.39 is 6.04 Å². The second-order valence-electron chi connectivity index (χ2n) is 10.1. The summed E-state index contributed by atoms with van der Waals surface area (Å²) in [6, 6.07) is 20.8. The van der Waals surface area contributed by atoms with Gasteiger partial charge in [-0.1, -0.05) is 103 Å². The summed E-state index contributed by atoms with van der Waals surface area (Å²) in [6.07, 6.45) is 0.406. The van der Waals surface area contributed by atoms with Gasteiger partial charge in [-0.25, -0.2) is 0 Å². The Morgan fingerprint density at radius 2 is 1.61 bits per heavy atom. The molecular formula is C31H36Cl2N2O2S. The Kier molecular flexibility index (Phi) is 11.6. The van der Waals surface area contributed by atoms with Gasteiger partial charge in [0.25, 0.3) is 0 Å². The smallest absolute Gasteiger partial charge is 0.243 e. The molecule has 38 heavy (non-hydrogen) atoms. The molecule has 3 aromatic rings. The Hall–Kier alpha value is -2.47. The third-order valence-electron chi connectivity index (χ3n) is 6.09. The molecule has 0 aromatic heterocycles. The third kappa shape index (κ3) is 9.37. The van der Waals surface area contributed by atoms with E-state index in [1.807, 2.05) is 50.2 Å². The quantitative estimate of drug-likeness (QED) is 0.249. The Balaban J connectivity index is 1.88. The van der Waals surface area contributed by atoms with E-state index >= 15 is 0 Å². The largest absolute Gasteiger partial charge is 0.354 e. The van der Waals surface area contributed by atoms with E-state index in [0.717, 1.165) is 11.1 Å². The number of aryl methyl sites for hydroxylation is 2. The third-order valence-corrected chi connectivity index (χ3v) is 7.66. The van der Waals surface area contributed by atoms with Crippen LogP contribution in [0.3, 0.4) is 0 Å². The van der Waals surface area contributed by atoms with Crippen molar-refractivity contribution in [3.8, 4) is 0 Å². The summed E-state index contributed by atoms with van der Waals surface area (Å²) in [5.41, 5.74) is 5.33. The molecule has 1 atom stereocenters. The highest BCUT2D eigenvalue weighted by molar-refractivity contribution is 7.99. The minimum absolute atomic E-state index is 0.106. The lowest BCUT2D eigenvalue weighted by atomic mass is 10.0. The minimum atomic E-state index is -0.683. The van der Waals surface area contributed by atoms with Crippen LogP contribution in [-0.4, -0.2) is 35.1 Å². The number of carbonyl (C=O) groups excluding carboxylic acids is 2. The number of rotatable bonds is 12. The lowest BCUT2D eigenvalue weighted by Gasteiger charge is -2.32. The van der Waals surface area contributed by atoms with E-state index in [-0.39, 0.29) is 24.1 Å². The summed E-state index contributed by atoms with van der Waals surface area (Å²) in [7, 11) is 0. The van der Waals surface area contributed by atoms with Crippen LogP contribution in [0.4, 0.5) is 0 Å². The van der Waals surface area contributed by atoms with Crippen molar-refractivity contribution in [1.82, 2.24) is 10.2 Å². The zero-order valence-corrected chi connectivity index (χ0v) is 24.8. The van der Waals surface area contributed by atoms with Gasteiger partial charge < -0.3 is 10.2 Å². The molecule has 0 unspecified atom stereocenters. The van der Waals surface area contributed by atoms with Crippen molar-refractivity contribution in [3.63, 3.8) is 0 Å². The van der Waals surface area contributed by atoms with Gasteiger partial charge >= 0.3 is 0 Å². The molecule has 0 radical (unpaired) electrons. The summed E-state index contributed by atoms with van der Waals surface area (Å²) in [5.74, 6) is 0.985. The van der Waals surface area contributed by atoms with Gasteiger partial charge in [-0.2, -0.15) is 0 Å². The molecule has 7 heteroatoms. The number of carbonyl (C=O) groups is 2. The number of thioether (sulfide) groups is 1. The summed E-state index contributed by atoms with van der Waals surface area (Å²) in [4.78, 5) is 29.0. The van der Waals surface area contributed by atoms with Gasteiger partial charge in [0, 0.05) is 35.3 Å². The molecule has 202 valence electrons. The zero-order valence-electron chi connectivity index (χ0n) is 22.5. The minimum Gasteiger partial charge on any atom is -0.354 e. The molecule has 0 spiro atoms. The van der Waals surface area contributed by atoms with Gasteiger partial charge in [0.1, 0.15) is 6.04 Å². The van der Waals surface area contributed by atoms with E-state index in [2.05, 4.69) is 37.4 Å². The molecule has 3 rings (SSSR count). The highest BCUT2D eigenvalue weighted by Gasteiger charge is 2.30. The average Bonchev–Trinajstić information content (AvgIpc) is 2.85. The van der Waals surface area contributed by atoms with Crippen LogP contribution < -0.4 is 5.32 Å². The molecule has 0 saturated carbocycles. The van der Waals surface area contributed by atoms with E-state index in [1.165, 1.54) is 16.7 Å². The monoisotopic (exact) mass is 570 g/mol. The van der Waals surface area contributed by atoms with Crippen LogP contribution >= 0.6 is 35.0 Å². The van der Waals surface area contributed by atoms with E-state index in [4.69, 9.17) is 23.2 Å². The van der Waals surface area contributed by atoms with Gasteiger partial charge in [0.15, 0.2) is 0 Å². The number of nitrogens with one attached hydrogen (secondary N) is 1. The topological polar surface area (TPSA) is 49.4 Å². The van der Waals surface area contributed by atoms with E-state index in [9.17, 15) is 9.59 Å². The van der Waals surface area contributed by atoms with Gasteiger partial charge in [-0.05, 0) is 48.6 Å². The van der Waals surface area contributed by atoms with Crippen molar-refractivity contribution in [2.75, 3.05) is 12.3 Å². The van der Waals surface area contributed by atoms with Gasteiger partial charge in [-0.15, -0.1) is 11.8 Å². The van der Waals surface area contributed by atoms with Crippen molar-refractivity contribution in [2.45, 2.75) is 52.5 Å². The number of hydrogen-bond donors (Lipinski definition) is 1. The Morgan fingerprint density at radius 1 is 0.921 bits per heavy atom.